The van der Waals surface area contributed by atoms with Gasteiger partial charge in [-0.2, -0.15) is 0 Å². The average molecular weight is 522 g/mol. The molecule has 1 fully saturated rings. The summed E-state index contributed by atoms with van der Waals surface area (Å²) in [5, 5.41) is 9.58. The van der Waals surface area contributed by atoms with Crippen molar-refractivity contribution in [3.8, 4) is 5.75 Å². The van der Waals surface area contributed by atoms with Gasteiger partial charge in [-0.15, -0.1) is 0 Å². The maximum absolute atomic E-state index is 14.4. The van der Waals surface area contributed by atoms with Crippen molar-refractivity contribution >= 4 is 29.5 Å². The Morgan fingerprint density at radius 1 is 1.08 bits per heavy atom. The van der Waals surface area contributed by atoms with Gasteiger partial charge < -0.3 is 14.7 Å². The predicted molar refractivity (Wildman–Crippen MR) is 140 cm³/mol. The molecule has 2 aliphatic rings. The van der Waals surface area contributed by atoms with E-state index in [0.717, 1.165) is 61.4 Å². The molecule has 1 aliphatic heterocycles. The average Bonchev–Trinajstić information content (AvgIpc) is 3.32. The molecule has 9 heteroatoms. The van der Waals surface area contributed by atoms with E-state index in [1.165, 1.54) is 0 Å². The third-order valence-electron chi connectivity index (χ3n) is 7.89. The lowest BCUT2D eigenvalue weighted by Gasteiger charge is -2.47. The molecule has 0 spiro atoms. The van der Waals surface area contributed by atoms with Crippen LogP contribution >= 0.6 is 11.6 Å². The number of nitrogens with zero attached hydrogens (tertiary/aromatic N) is 4. The summed E-state index contributed by atoms with van der Waals surface area (Å²) < 4.78 is 5.14. The number of carbonyl (C=O) groups is 2. The van der Waals surface area contributed by atoms with Crippen molar-refractivity contribution in [2.24, 2.45) is 0 Å². The van der Waals surface area contributed by atoms with Crippen LogP contribution in [0.1, 0.15) is 52.5 Å². The van der Waals surface area contributed by atoms with Gasteiger partial charge in [-0.3, -0.25) is 0 Å². The standard InChI is InChI=1S/C28H29ClN4O4/c1-18-15-26(31-17-30-18)32-13-11-20(12-14-32)33(2,27(34)22-5-3-4-6-24(22)29)25-10-8-19-7-9-21(16-23(19)25)37-28(35)36/h3-7,9,15-17,20,25H,8,10-14H2,1-2H3/p+1/t25-,33?/m1/s1. The number of quaternary nitrogens is 1. The monoisotopic (exact) mass is 521 g/mol. The SMILES string of the molecule is Cc1cc(N2CCC([N+](C)(C(=O)c3ccccc3Cl)[C@@H]3CCc4ccc(OC(=O)O)cc43)CC2)ncn1. The lowest BCUT2D eigenvalue weighted by atomic mass is 9.93. The maximum atomic E-state index is 14.4. The minimum Gasteiger partial charge on any atom is -0.449 e. The Morgan fingerprint density at radius 3 is 2.54 bits per heavy atom. The van der Waals surface area contributed by atoms with Crippen LogP contribution < -0.4 is 9.64 Å². The van der Waals surface area contributed by atoms with E-state index in [1.807, 2.05) is 38.2 Å². The smallest absolute Gasteiger partial charge is 0.449 e. The van der Waals surface area contributed by atoms with Gasteiger partial charge in [0.15, 0.2) is 0 Å². The van der Waals surface area contributed by atoms with Crippen LogP contribution in [-0.4, -0.2) is 57.8 Å². The number of amides is 1. The van der Waals surface area contributed by atoms with Gasteiger partial charge in [-0.1, -0.05) is 29.8 Å². The van der Waals surface area contributed by atoms with Gasteiger partial charge in [-0.05, 0) is 43.2 Å². The van der Waals surface area contributed by atoms with Crippen LogP contribution in [0.2, 0.25) is 5.02 Å². The second-order valence-electron chi connectivity index (χ2n) is 9.95. The summed E-state index contributed by atoms with van der Waals surface area (Å²) in [4.78, 5) is 36.5. The van der Waals surface area contributed by atoms with E-state index in [1.54, 1.807) is 30.6 Å². The minimum absolute atomic E-state index is 0.0238. The summed E-state index contributed by atoms with van der Waals surface area (Å²) in [5.41, 5.74) is 3.51. The van der Waals surface area contributed by atoms with Crippen LogP contribution in [0.25, 0.3) is 0 Å². The van der Waals surface area contributed by atoms with Crippen molar-refractivity contribution in [3.05, 3.63) is 82.3 Å². The van der Waals surface area contributed by atoms with Gasteiger partial charge in [0, 0.05) is 49.7 Å². The Morgan fingerprint density at radius 2 is 1.84 bits per heavy atom. The third-order valence-corrected chi connectivity index (χ3v) is 8.22. The van der Waals surface area contributed by atoms with E-state index in [2.05, 4.69) is 14.9 Å². The summed E-state index contributed by atoms with van der Waals surface area (Å²) in [6, 6.07) is 14.5. The van der Waals surface area contributed by atoms with E-state index in [9.17, 15) is 9.59 Å². The molecule has 0 radical (unpaired) electrons. The Bertz CT molecular complexity index is 1340. The summed E-state index contributed by atoms with van der Waals surface area (Å²) in [5.74, 6) is 1.15. The van der Waals surface area contributed by atoms with E-state index >= 15 is 0 Å². The zero-order valence-corrected chi connectivity index (χ0v) is 21.7. The van der Waals surface area contributed by atoms with E-state index in [-0.39, 0.29) is 28.2 Å². The molecule has 2 atom stereocenters. The molecular weight excluding hydrogens is 492 g/mol. The highest BCUT2D eigenvalue weighted by atomic mass is 35.5. The highest BCUT2D eigenvalue weighted by molar-refractivity contribution is 6.33. The molecule has 37 heavy (non-hydrogen) atoms. The van der Waals surface area contributed by atoms with Gasteiger partial charge in [-0.25, -0.2) is 24.0 Å². The fourth-order valence-corrected chi connectivity index (χ4v) is 6.20. The van der Waals surface area contributed by atoms with Crippen LogP contribution in [0, 0.1) is 6.92 Å². The number of ether oxygens (including phenoxy) is 1. The summed E-state index contributed by atoms with van der Waals surface area (Å²) in [6.45, 7) is 3.49. The van der Waals surface area contributed by atoms with Gasteiger partial charge in [0.25, 0.3) is 0 Å². The number of fused-ring (bicyclic) bond motifs is 1. The number of aryl methyl sites for hydroxylation is 2. The van der Waals surface area contributed by atoms with Crippen LogP contribution in [0.4, 0.5) is 10.6 Å². The van der Waals surface area contributed by atoms with Crippen molar-refractivity contribution in [1.29, 1.82) is 0 Å². The van der Waals surface area contributed by atoms with Gasteiger partial charge in [0.2, 0.25) is 0 Å². The number of carboxylic acid groups (broad SMARTS) is 1. The third kappa shape index (κ3) is 4.79. The number of benzene rings is 2. The molecule has 1 amide bonds. The summed E-state index contributed by atoms with van der Waals surface area (Å²) in [6.07, 6.45) is 3.43. The van der Waals surface area contributed by atoms with Gasteiger partial charge in [0.1, 0.15) is 23.9 Å². The highest BCUT2D eigenvalue weighted by Gasteiger charge is 2.51. The largest absolute Gasteiger partial charge is 0.511 e. The molecule has 1 aliphatic carbocycles. The number of rotatable bonds is 5. The first-order chi connectivity index (χ1) is 17.8. The Labute approximate surface area is 221 Å². The van der Waals surface area contributed by atoms with E-state index < -0.39 is 6.16 Å². The van der Waals surface area contributed by atoms with E-state index in [0.29, 0.717) is 10.6 Å². The Hall–Kier alpha value is -3.49. The first kappa shape index (κ1) is 25.2. The highest BCUT2D eigenvalue weighted by Crippen LogP contribution is 2.46. The molecular formula is C28H30ClN4O4+. The number of aromatic nitrogens is 2. The van der Waals surface area contributed by atoms with Crippen LogP contribution in [-0.2, 0) is 6.42 Å². The predicted octanol–water partition coefficient (Wildman–Crippen LogP) is 5.44. The number of carbonyl (C=O) groups excluding carboxylic acids is 1. The van der Waals surface area contributed by atoms with Crippen molar-refractivity contribution in [1.82, 2.24) is 9.97 Å². The maximum Gasteiger partial charge on any atom is 0.511 e. The van der Waals surface area contributed by atoms with Crippen molar-refractivity contribution in [3.63, 3.8) is 0 Å². The minimum atomic E-state index is -1.36. The number of hydrogen-bond donors (Lipinski definition) is 1. The molecule has 1 aromatic heterocycles. The van der Waals surface area contributed by atoms with Crippen molar-refractivity contribution in [2.75, 3.05) is 25.0 Å². The Balaban J connectivity index is 1.51. The molecule has 1 saturated heterocycles. The van der Waals surface area contributed by atoms with Crippen LogP contribution in [0.3, 0.4) is 0 Å². The zero-order valence-electron chi connectivity index (χ0n) is 20.9. The second-order valence-corrected chi connectivity index (χ2v) is 10.4. The van der Waals surface area contributed by atoms with E-state index in [4.69, 9.17) is 21.4 Å². The fourth-order valence-electron chi connectivity index (χ4n) is 5.98. The Kier molecular flexibility index (Phi) is 6.88. The number of piperidine rings is 1. The van der Waals surface area contributed by atoms with Gasteiger partial charge in [0.05, 0.1) is 23.7 Å². The molecule has 5 rings (SSSR count). The van der Waals surface area contributed by atoms with Gasteiger partial charge >= 0.3 is 12.1 Å². The summed E-state index contributed by atoms with van der Waals surface area (Å²) in [7, 11) is 2.02. The first-order valence-electron chi connectivity index (χ1n) is 12.5. The molecule has 8 nitrogen and oxygen atoms in total. The molecule has 2 heterocycles. The lowest BCUT2D eigenvalue weighted by Crippen LogP contribution is -2.60. The topological polar surface area (TPSA) is 92.6 Å². The number of hydrogen-bond acceptors (Lipinski definition) is 6. The molecule has 2 aromatic carbocycles. The molecule has 1 N–H and O–H groups in total. The molecule has 0 saturated carbocycles. The quantitative estimate of drug-likeness (QED) is 0.271. The second kappa shape index (κ2) is 10.1. The fraction of sp³-hybridized carbons (Fsp3) is 0.357. The molecule has 1 unspecified atom stereocenters. The summed E-state index contributed by atoms with van der Waals surface area (Å²) >= 11 is 6.53. The zero-order chi connectivity index (χ0) is 26.2. The lowest BCUT2D eigenvalue weighted by molar-refractivity contribution is -0.887. The first-order valence-corrected chi connectivity index (χ1v) is 12.9. The molecule has 0 bridgehead atoms. The van der Waals surface area contributed by atoms with Crippen LogP contribution in [0.15, 0.2) is 54.9 Å². The number of halogens is 1. The molecule has 192 valence electrons. The van der Waals surface area contributed by atoms with Crippen molar-refractivity contribution < 1.29 is 23.9 Å². The molecule has 3 aromatic rings. The van der Waals surface area contributed by atoms with Crippen LogP contribution in [0.5, 0.6) is 5.75 Å². The van der Waals surface area contributed by atoms with Crippen molar-refractivity contribution in [2.45, 2.75) is 44.7 Å². The normalized spacial score (nSPS) is 19.2. The number of anilines is 1.